The van der Waals surface area contributed by atoms with Gasteiger partial charge in [-0.2, -0.15) is 0 Å². The highest BCUT2D eigenvalue weighted by Gasteiger charge is 2.21. The van der Waals surface area contributed by atoms with Gasteiger partial charge >= 0.3 is 0 Å². The quantitative estimate of drug-likeness (QED) is 0.716. The van der Waals surface area contributed by atoms with Crippen LogP contribution in [0.4, 0.5) is 0 Å². The highest BCUT2D eigenvalue weighted by atomic mass is 32.2. The molecule has 1 fully saturated rings. The molecule has 28 heavy (non-hydrogen) atoms. The van der Waals surface area contributed by atoms with E-state index in [1.54, 1.807) is 36.0 Å². The van der Waals surface area contributed by atoms with Crippen molar-refractivity contribution in [1.29, 1.82) is 0 Å². The van der Waals surface area contributed by atoms with Crippen LogP contribution in [0.25, 0.3) is 0 Å². The summed E-state index contributed by atoms with van der Waals surface area (Å²) in [5.41, 5.74) is 2.24. The van der Waals surface area contributed by atoms with Gasteiger partial charge in [0.25, 0.3) is 5.91 Å². The molecule has 2 aromatic carbocycles. The van der Waals surface area contributed by atoms with E-state index in [2.05, 4.69) is 10.0 Å². The highest BCUT2D eigenvalue weighted by Crippen LogP contribution is 2.36. The second kappa shape index (κ2) is 9.11. The molecule has 150 valence electrons. The van der Waals surface area contributed by atoms with Crippen molar-refractivity contribution >= 4 is 27.7 Å². The molecule has 0 heterocycles. The number of amides is 1. The first kappa shape index (κ1) is 20.9. The first-order chi connectivity index (χ1) is 13.4. The molecule has 0 radical (unpaired) electrons. The second-order valence-electron chi connectivity index (χ2n) is 7.02. The molecule has 3 rings (SSSR count). The van der Waals surface area contributed by atoms with Crippen LogP contribution in [0.5, 0.6) is 0 Å². The topological polar surface area (TPSA) is 75.3 Å². The Hall–Kier alpha value is -1.83. The SMILES string of the molecule is CNS(=O)(=O)c1ccccc1CNC(=O)c1cc(C)ccc1SC1CCCC1. The van der Waals surface area contributed by atoms with Crippen LogP contribution in [0.3, 0.4) is 0 Å². The molecule has 0 atom stereocenters. The smallest absolute Gasteiger partial charge is 0.252 e. The third-order valence-electron chi connectivity index (χ3n) is 4.95. The summed E-state index contributed by atoms with van der Waals surface area (Å²) in [6.45, 7) is 2.12. The molecule has 2 N–H and O–H groups in total. The number of nitrogens with one attached hydrogen (secondary N) is 2. The van der Waals surface area contributed by atoms with Gasteiger partial charge in [-0.05, 0) is 50.6 Å². The van der Waals surface area contributed by atoms with E-state index in [9.17, 15) is 13.2 Å². The molecule has 0 saturated heterocycles. The molecule has 0 spiro atoms. The summed E-state index contributed by atoms with van der Waals surface area (Å²) in [5, 5.41) is 3.47. The van der Waals surface area contributed by atoms with E-state index < -0.39 is 10.0 Å². The van der Waals surface area contributed by atoms with Crippen molar-refractivity contribution in [3.8, 4) is 0 Å². The Morgan fingerprint density at radius 3 is 2.57 bits per heavy atom. The van der Waals surface area contributed by atoms with E-state index in [1.807, 2.05) is 25.1 Å². The number of rotatable bonds is 7. The van der Waals surface area contributed by atoms with E-state index >= 15 is 0 Å². The van der Waals surface area contributed by atoms with Crippen molar-refractivity contribution in [2.45, 2.75) is 54.2 Å². The summed E-state index contributed by atoms with van der Waals surface area (Å²) in [4.78, 5) is 14.1. The first-order valence-electron chi connectivity index (χ1n) is 9.47. The highest BCUT2D eigenvalue weighted by molar-refractivity contribution is 8.00. The number of thioether (sulfide) groups is 1. The minimum absolute atomic E-state index is 0.150. The Balaban J connectivity index is 1.78. The Morgan fingerprint density at radius 1 is 1.14 bits per heavy atom. The fraction of sp³-hybridized carbons (Fsp3) is 0.381. The number of hydrogen-bond acceptors (Lipinski definition) is 4. The standard InChI is InChI=1S/C21H26N2O3S2/c1-15-11-12-19(27-17-8-4-5-9-17)18(13-15)21(24)23-14-16-7-3-6-10-20(16)28(25,26)22-2/h3,6-7,10-13,17,22H,4-5,8-9,14H2,1-2H3,(H,23,24). The third-order valence-corrected chi connectivity index (χ3v) is 7.88. The summed E-state index contributed by atoms with van der Waals surface area (Å²) in [7, 11) is -2.20. The number of carbonyl (C=O) groups excluding carboxylic acids is 1. The monoisotopic (exact) mass is 418 g/mol. The molecule has 0 aliphatic heterocycles. The maximum absolute atomic E-state index is 12.9. The van der Waals surface area contributed by atoms with Gasteiger partial charge in [-0.15, -0.1) is 11.8 Å². The molecular weight excluding hydrogens is 392 g/mol. The van der Waals surface area contributed by atoms with Crippen LogP contribution in [0.15, 0.2) is 52.3 Å². The Labute approximate surface area is 171 Å². The third kappa shape index (κ3) is 4.96. The Morgan fingerprint density at radius 2 is 1.86 bits per heavy atom. The maximum atomic E-state index is 12.9. The van der Waals surface area contributed by atoms with Crippen molar-refractivity contribution in [3.05, 3.63) is 59.2 Å². The molecule has 1 aliphatic carbocycles. The van der Waals surface area contributed by atoms with Crippen LogP contribution in [0, 0.1) is 6.92 Å². The maximum Gasteiger partial charge on any atom is 0.252 e. The van der Waals surface area contributed by atoms with Gasteiger partial charge in [-0.1, -0.05) is 42.7 Å². The van der Waals surface area contributed by atoms with Gasteiger partial charge in [-0.25, -0.2) is 13.1 Å². The second-order valence-corrected chi connectivity index (χ2v) is 10.2. The van der Waals surface area contributed by atoms with Crippen LogP contribution in [0.2, 0.25) is 0 Å². The molecular formula is C21H26N2O3S2. The number of carbonyl (C=O) groups is 1. The van der Waals surface area contributed by atoms with Crippen molar-refractivity contribution in [2.24, 2.45) is 0 Å². The molecule has 7 heteroatoms. The van der Waals surface area contributed by atoms with Crippen LogP contribution in [-0.4, -0.2) is 26.6 Å². The lowest BCUT2D eigenvalue weighted by Gasteiger charge is -2.15. The molecule has 1 aliphatic rings. The van der Waals surface area contributed by atoms with Gasteiger partial charge in [0.15, 0.2) is 0 Å². The zero-order chi connectivity index (χ0) is 20.1. The number of benzene rings is 2. The lowest BCUT2D eigenvalue weighted by molar-refractivity contribution is 0.0947. The van der Waals surface area contributed by atoms with Crippen LogP contribution < -0.4 is 10.0 Å². The first-order valence-corrected chi connectivity index (χ1v) is 11.8. The predicted octanol–water partition coefficient (Wildman–Crippen LogP) is 3.87. The fourth-order valence-corrected chi connectivity index (χ4v) is 5.72. The molecule has 5 nitrogen and oxygen atoms in total. The summed E-state index contributed by atoms with van der Waals surface area (Å²) in [6.07, 6.45) is 4.88. The van der Waals surface area contributed by atoms with E-state index in [-0.39, 0.29) is 17.3 Å². The van der Waals surface area contributed by atoms with E-state index in [1.165, 1.54) is 32.7 Å². The minimum Gasteiger partial charge on any atom is -0.348 e. The van der Waals surface area contributed by atoms with Crippen LogP contribution in [-0.2, 0) is 16.6 Å². The summed E-state index contributed by atoms with van der Waals surface area (Å²) < 4.78 is 26.7. The summed E-state index contributed by atoms with van der Waals surface area (Å²) in [6, 6.07) is 12.7. The molecule has 2 aromatic rings. The van der Waals surface area contributed by atoms with Gasteiger partial charge in [0.05, 0.1) is 10.5 Å². The number of hydrogen-bond donors (Lipinski definition) is 2. The van der Waals surface area contributed by atoms with Gasteiger partial charge in [-0.3, -0.25) is 4.79 Å². The molecule has 0 unspecified atom stereocenters. The number of aryl methyl sites for hydroxylation is 1. The molecule has 1 saturated carbocycles. The molecule has 0 bridgehead atoms. The van der Waals surface area contributed by atoms with Crippen molar-refractivity contribution < 1.29 is 13.2 Å². The molecule has 1 amide bonds. The number of sulfonamides is 1. The van der Waals surface area contributed by atoms with E-state index in [0.29, 0.717) is 16.4 Å². The van der Waals surface area contributed by atoms with Gasteiger partial charge < -0.3 is 5.32 Å². The molecule has 0 aromatic heterocycles. The van der Waals surface area contributed by atoms with E-state index in [0.717, 1.165) is 10.5 Å². The van der Waals surface area contributed by atoms with Crippen LogP contribution in [0.1, 0.15) is 47.2 Å². The minimum atomic E-state index is -3.58. The zero-order valence-corrected chi connectivity index (χ0v) is 17.8. The Bertz CT molecular complexity index is 952. The summed E-state index contributed by atoms with van der Waals surface area (Å²) >= 11 is 1.78. The fourth-order valence-electron chi connectivity index (χ4n) is 3.40. The van der Waals surface area contributed by atoms with E-state index in [4.69, 9.17) is 0 Å². The van der Waals surface area contributed by atoms with Crippen LogP contribution >= 0.6 is 11.8 Å². The summed E-state index contributed by atoms with van der Waals surface area (Å²) in [5.74, 6) is -0.180. The lowest BCUT2D eigenvalue weighted by Crippen LogP contribution is -2.26. The Kier molecular flexibility index (Phi) is 6.80. The van der Waals surface area contributed by atoms with Crippen molar-refractivity contribution in [1.82, 2.24) is 10.0 Å². The largest absolute Gasteiger partial charge is 0.348 e. The zero-order valence-electron chi connectivity index (χ0n) is 16.2. The van der Waals surface area contributed by atoms with Gasteiger partial charge in [0.1, 0.15) is 0 Å². The predicted molar refractivity (Wildman–Crippen MR) is 113 cm³/mol. The van der Waals surface area contributed by atoms with Gasteiger partial charge in [0, 0.05) is 16.7 Å². The normalized spacial score (nSPS) is 14.9. The van der Waals surface area contributed by atoms with Gasteiger partial charge in [0.2, 0.25) is 10.0 Å². The average molecular weight is 419 g/mol. The lowest BCUT2D eigenvalue weighted by atomic mass is 10.1. The van der Waals surface area contributed by atoms with Crippen molar-refractivity contribution in [2.75, 3.05) is 7.05 Å². The van der Waals surface area contributed by atoms with Crippen molar-refractivity contribution in [3.63, 3.8) is 0 Å². The average Bonchev–Trinajstić information content (AvgIpc) is 3.20.